The molecule has 0 heterocycles. The van der Waals surface area contributed by atoms with Crippen molar-refractivity contribution in [2.75, 3.05) is 7.05 Å². The molecule has 19 heavy (non-hydrogen) atoms. The molecular formula is C15H15BrClNS. The van der Waals surface area contributed by atoms with Gasteiger partial charge in [0.1, 0.15) is 0 Å². The summed E-state index contributed by atoms with van der Waals surface area (Å²) in [7, 11) is 1.96. The molecule has 0 aliphatic heterocycles. The van der Waals surface area contributed by atoms with Crippen LogP contribution >= 0.6 is 39.3 Å². The lowest BCUT2D eigenvalue weighted by atomic mass is 10.1. The average Bonchev–Trinajstić information content (AvgIpc) is 2.42. The molecule has 0 fully saturated rings. The molecule has 1 N–H and O–H groups in total. The molecule has 0 spiro atoms. The molecule has 0 saturated heterocycles. The highest BCUT2D eigenvalue weighted by molar-refractivity contribution is 9.10. The van der Waals surface area contributed by atoms with Crippen molar-refractivity contribution in [2.45, 2.75) is 22.8 Å². The molecule has 1 unspecified atom stereocenters. The molecule has 2 aromatic carbocycles. The van der Waals surface area contributed by atoms with E-state index in [0.29, 0.717) is 6.04 Å². The van der Waals surface area contributed by atoms with Crippen molar-refractivity contribution in [3.63, 3.8) is 0 Å². The Labute approximate surface area is 131 Å². The summed E-state index contributed by atoms with van der Waals surface area (Å²) in [5, 5.41) is 4.02. The maximum absolute atomic E-state index is 6.18. The van der Waals surface area contributed by atoms with Gasteiger partial charge in [-0.25, -0.2) is 0 Å². The highest BCUT2D eigenvalue weighted by atomic mass is 79.9. The molecule has 0 amide bonds. The van der Waals surface area contributed by atoms with Crippen molar-refractivity contribution in [1.82, 2.24) is 5.32 Å². The molecule has 0 aliphatic rings. The molecule has 0 aliphatic carbocycles. The van der Waals surface area contributed by atoms with E-state index in [9.17, 15) is 0 Å². The Morgan fingerprint density at radius 1 is 1.16 bits per heavy atom. The van der Waals surface area contributed by atoms with Gasteiger partial charge in [-0.05, 0) is 59.7 Å². The number of hydrogen-bond acceptors (Lipinski definition) is 2. The largest absolute Gasteiger partial charge is 0.313 e. The predicted molar refractivity (Wildman–Crippen MR) is 87.2 cm³/mol. The Kier molecular flexibility index (Phi) is 5.34. The van der Waals surface area contributed by atoms with Crippen LogP contribution in [-0.4, -0.2) is 7.05 Å². The fourth-order valence-corrected chi connectivity index (χ4v) is 3.41. The van der Waals surface area contributed by atoms with Crippen molar-refractivity contribution in [3.8, 4) is 0 Å². The predicted octanol–water partition coefficient (Wildman–Crippen LogP) is 5.53. The monoisotopic (exact) mass is 355 g/mol. The summed E-state index contributed by atoms with van der Waals surface area (Å²) in [6.45, 7) is 2.14. The van der Waals surface area contributed by atoms with Crippen LogP contribution in [0.3, 0.4) is 0 Å². The average molecular weight is 357 g/mol. The summed E-state index contributed by atoms with van der Waals surface area (Å²) in [6.07, 6.45) is 0. The zero-order chi connectivity index (χ0) is 13.8. The Morgan fingerprint density at radius 2 is 1.89 bits per heavy atom. The zero-order valence-corrected chi connectivity index (χ0v) is 13.9. The Hall–Kier alpha value is -0.480. The van der Waals surface area contributed by atoms with E-state index in [2.05, 4.69) is 46.4 Å². The Bertz CT molecular complexity index is 574. The SMILES string of the molecule is CNC(C)c1ccc(Sc2ccccc2Cl)c(Br)c1. The molecule has 0 aromatic heterocycles. The van der Waals surface area contributed by atoms with Gasteiger partial charge < -0.3 is 5.32 Å². The van der Waals surface area contributed by atoms with E-state index in [1.807, 2.05) is 31.3 Å². The fraction of sp³-hybridized carbons (Fsp3) is 0.200. The van der Waals surface area contributed by atoms with Gasteiger partial charge in [-0.2, -0.15) is 0 Å². The molecule has 2 rings (SSSR count). The van der Waals surface area contributed by atoms with Gasteiger partial charge in [0.15, 0.2) is 0 Å². The molecule has 1 atom stereocenters. The molecule has 100 valence electrons. The smallest absolute Gasteiger partial charge is 0.0545 e. The first kappa shape index (κ1) is 14.9. The van der Waals surface area contributed by atoms with Crippen molar-refractivity contribution < 1.29 is 0 Å². The maximum atomic E-state index is 6.18. The van der Waals surface area contributed by atoms with Crippen molar-refractivity contribution in [2.24, 2.45) is 0 Å². The third-order valence-electron chi connectivity index (χ3n) is 2.95. The van der Waals surface area contributed by atoms with Gasteiger partial charge >= 0.3 is 0 Å². The van der Waals surface area contributed by atoms with Crippen LogP contribution in [0.4, 0.5) is 0 Å². The van der Waals surface area contributed by atoms with E-state index in [0.717, 1.165) is 14.4 Å². The van der Waals surface area contributed by atoms with Crippen LogP contribution in [0, 0.1) is 0 Å². The van der Waals surface area contributed by atoms with Gasteiger partial charge in [0.05, 0.1) is 5.02 Å². The number of hydrogen-bond donors (Lipinski definition) is 1. The number of nitrogens with one attached hydrogen (secondary N) is 1. The Balaban J connectivity index is 2.25. The van der Waals surface area contributed by atoms with Crippen LogP contribution in [0.15, 0.2) is 56.7 Å². The highest BCUT2D eigenvalue weighted by Gasteiger charge is 2.08. The second-order valence-electron chi connectivity index (χ2n) is 4.23. The van der Waals surface area contributed by atoms with Gasteiger partial charge in [-0.3, -0.25) is 0 Å². The van der Waals surface area contributed by atoms with Gasteiger partial charge in [0.25, 0.3) is 0 Å². The third-order valence-corrected chi connectivity index (χ3v) is 5.46. The fourth-order valence-electron chi connectivity index (χ4n) is 1.68. The zero-order valence-electron chi connectivity index (χ0n) is 10.8. The first-order valence-corrected chi connectivity index (χ1v) is 7.99. The Morgan fingerprint density at radius 3 is 2.53 bits per heavy atom. The van der Waals surface area contributed by atoms with Crippen molar-refractivity contribution >= 4 is 39.3 Å². The van der Waals surface area contributed by atoms with E-state index < -0.39 is 0 Å². The van der Waals surface area contributed by atoms with E-state index in [1.54, 1.807) is 11.8 Å². The summed E-state index contributed by atoms with van der Waals surface area (Å²) < 4.78 is 1.09. The molecular weight excluding hydrogens is 342 g/mol. The van der Waals surface area contributed by atoms with E-state index in [4.69, 9.17) is 11.6 Å². The van der Waals surface area contributed by atoms with Crippen LogP contribution in [-0.2, 0) is 0 Å². The van der Waals surface area contributed by atoms with Gasteiger partial charge in [-0.15, -0.1) is 0 Å². The molecule has 1 nitrogen and oxygen atoms in total. The van der Waals surface area contributed by atoms with Crippen LogP contribution in [0.5, 0.6) is 0 Å². The standard InChI is InChI=1S/C15H15BrClNS/c1-10(18-2)11-7-8-14(12(16)9-11)19-15-6-4-3-5-13(15)17/h3-10,18H,1-2H3. The van der Waals surface area contributed by atoms with Gasteiger partial charge in [0.2, 0.25) is 0 Å². The normalized spacial score (nSPS) is 12.4. The van der Waals surface area contributed by atoms with Crippen LogP contribution in [0.2, 0.25) is 5.02 Å². The number of halogens is 2. The van der Waals surface area contributed by atoms with Gasteiger partial charge in [-0.1, -0.05) is 41.6 Å². The van der Waals surface area contributed by atoms with E-state index in [1.165, 1.54) is 10.5 Å². The lowest BCUT2D eigenvalue weighted by Gasteiger charge is -2.13. The number of rotatable bonds is 4. The minimum atomic E-state index is 0.343. The van der Waals surface area contributed by atoms with E-state index >= 15 is 0 Å². The lowest BCUT2D eigenvalue weighted by Crippen LogP contribution is -2.12. The van der Waals surface area contributed by atoms with E-state index in [-0.39, 0.29) is 0 Å². The number of benzene rings is 2. The second kappa shape index (κ2) is 6.80. The van der Waals surface area contributed by atoms with Crippen LogP contribution < -0.4 is 5.32 Å². The summed E-state index contributed by atoms with van der Waals surface area (Å²) in [5.74, 6) is 0. The van der Waals surface area contributed by atoms with Gasteiger partial charge in [0, 0.05) is 20.3 Å². The minimum absolute atomic E-state index is 0.343. The van der Waals surface area contributed by atoms with Crippen LogP contribution in [0.1, 0.15) is 18.5 Å². The molecule has 0 bridgehead atoms. The summed E-state index contributed by atoms with van der Waals surface area (Å²) in [4.78, 5) is 2.24. The quantitative estimate of drug-likeness (QED) is 0.772. The molecule has 0 radical (unpaired) electrons. The van der Waals surface area contributed by atoms with Crippen molar-refractivity contribution in [3.05, 3.63) is 57.5 Å². The van der Waals surface area contributed by atoms with Crippen LogP contribution in [0.25, 0.3) is 0 Å². The summed E-state index contributed by atoms with van der Waals surface area (Å²) >= 11 is 11.5. The third kappa shape index (κ3) is 3.76. The molecule has 0 saturated carbocycles. The summed E-state index contributed by atoms with van der Waals surface area (Å²) in [6, 6.07) is 14.7. The molecule has 2 aromatic rings. The molecule has 4 heteroatoms. The maximum Gasteiger partial charge on any atom is 0.0545 e. The topological polar surface area (TPSA) is 12.0 Å². The first-order chi connectivity index (χ1) is 9.11. The second-order valence-corrected chi connectivity index (χ2v) is 6.58. The lowest BCUT2D eigenvalue weighted by molar-refractivity contribution is 0.651. The highest BCUT2D eigenvalue weighted by Crippen LogP contribution is 2.37. The van der Waals surface area contributed by atoms with Crippen molar-refractivity contribution in [1.29, 1.82) is 0 Å². The minimum Gasteiger partial charge on any atom is -0.313 e. The first-order valence-electron chi connectivity index (χ1n) is 6.01. The summed E-state index contributed by atoms with van der Waals surface area (Å²) in [5.41, 5.74) is 1.26.